The molecule has 3 heterocycles. The number of benzene rings is 2. The van der Waals surface area contributed by atoms with Crippen LogP contribution in [-0.2, 0) is 6.42 Å². The minimum Gasteiger partial charge on any atom is -0.454 e. The van der Waals surface area contributed by atoms with Crippen LogP contribution in [0.5, 0.6) is 11.5 Å². The molecule has 2 aromatic carbocycles. The number of aromatic nitrogens is 1. The van der Waals surface area contributed by atoms with Gasteiger partial charge in [-0.2, -0.15) is 0 Å². The van der Waals surface area contributed by atoms with E-state index in [1.165, 1.54) is 41.3 Å². The quantitative estimate of drug-likeness (QED) is 0.609. The lowest BCUT2D eigenvalue weighted by Crippen LogP contribution is -2.39. The van der Waals surface area contributed by atoms with E-state index in [0.29, 0.717) is 11.4 Å². The maximum atomic E-state index is 14.8. The number of imide groups is 1. The third kappa shape index (κ3) is 3.98. The van der Waals surface area contributed by atoms with Gasteiger partial charge in [0.2, 0.25) is 0 Å². The first-order chi connectivity index (χ1) is 16.4. The number of likely N-dealkylation sites (N-methyl/N-ethyl adjacent to an activating group) is 1. The van der Waals surface area contributed by atoms with Crippen LogP contribution < -0.4 is 19.9 Å². The van der Waals surface area contributed by atoms with Crippen LogP contribution in [0.25, 0.3) is 0 Å². The van der Waals surface area contributed by atoms with Gasteiger partial charge in [-0.15, -0.1) is 0 Å². The van der Waals surface area contributed by atoms with Gasteiger partial charge in [-0.05, 0) is 48.9 Å². The second-order valence-electron chi connectivity index (χ2n) is 8.02. The Hall–Kier alpha value is -4.21. The van der Waals surface area contributed by atoms with Crippen LogP contribution in [-0.4, -0.2) is 48.6 Å². The van der Waals surface area contributed by atoms with Gasteiger partial charge >= 0.3 is 12.1 Å². The fourth-order valence-electron chi connectivity index (χ4n) is 4.07. The molecule has 0 bridgehead atoms. The highest BCUT2D eigenvalue weighted by Crippen LogP contribution is 2.36. The predicted molar refractivity (Wildman–Crippen MR) is 123 cm³/mol. The number of ether oxygens (including phenoxy) is 1. The van der Waals surface area contributed by atoms with Crippen LogP contribution >= 0.6 is 0 Å². The van der Waals surface area contributed by atoms with Crippen LogP contribution in [0.2, 0.25) is 0 Å². The maximum absolute atomic E-state index is 14.8. The Balaban J connectivity index is 1.26. The van der Waals surface area contributed by atoms with Gasteiger partial charge in [0.25, 0.3) is 0 Å². The van der Waals surface area contributed by atoms with Gasteiger partial charge in [0.15, 0.2) is 11.6 Å². The molecule has 0 saturated carbocycles. The van der Waals surface area contributed by atoms with Crippen molar-refractivity contribution in [3.63, 3.8) is 0 Å². The van der Waals surface area contributed by atoms with Gasteiger partial charge in [-0.1, -0.05) is 0 Å². The summed E-state index contributed by atoms with van der Waals surface area (Å²) in [6, 6.07) is 9.97. The monoisotopic (exact) mass is 465 g/mol. The smallest absolute Gasteiger partial charge is 0.332 e. The molecule has 1 aromatic heterocycles. The molecule has 2 aliphatic rings. The van der Waals surface area contributed by atoms with E-state index in [0.717, 1.165) is 35.3 Å². The average Bonchev–Trinajstić information content (AvgIpc) is 3.39. The van der Waals surface area contributed by atoms with Crippen molar-refractivity contribution >= 4 is 29.3 Å². The standard InChI is InChI=1S/C24H21F2N5O3/c1-29-11-9-18-20(8-10-27-22(18)29)34-21-7-4-16(14-19(21)26)28-23(32)31-13-12-30(24(31)33)17-5-2-15(25)3-6-17/h2-8,10,14H,9,11-13H2,1H3,(H,28,32). The molecule has 3 aromatic rings. The lowest BCUT2D eigenvalue weighted by atomic mass is 10.2. The van der Waals surface area contributed by atoms with Gasteiger partial charge < -0.3 is 15.0 Å². The van der Waals surface area contributed by atoms with Crippen molar-refractivity contribution in [2.45, 2.75) is 6.42 Å². The van der Waals surface area contributed by atoms with Crippen LogP contribution in [0, 0.1) is 11.6 Å². The van der Waals surface area contributed by atoms with Crippen LogP contribution in [0.4, 0.5) is 35.6 Å². The Morgan fingerprint density at radius 2 is 1.82 bits per heavy atom. The number of amides is 4. The first kappa shape index (κ1) is 21.6. The molecule has 0 atom stereocenters. The van der Waals surface area contributed by atoms with Crippen molar-refractivity contribution in [3.8, 4) is 11.5 Å². The highest BCUT2D eigenvalue weighted by atomic mass is 19.1. The lowest BCUT2D eigenvalue weighted by molar-refractivity contribution is 0.209. The summed E-state index contributed by atoms with van der Waals surface area (Å²) in [6.07, 6.45) is 2.37. The number of nitrogens with one attached hydrogen (secondary N) is 1. The molecule has 174 valence electrons. The molecule has 10 heteroatoms. The molecule has 4 amide bonds. The van der Waals surface area contributed by atoms with E-state index < -0.39 is 23.7 Å². The van der Waals surface area contributed by atoms with E-state index in [-0.39, 0.29) is 24.5 Å². The zero-order chi connectivity index (χ0) is 23.8. The zero-order valence-corrected chi connectivity index (χ0v) is 18.3. The molecule has 1 saturated heterocycles. The number of carbonyl (C=O) groups is 2. The molecule has 2 aliphatic heterocycles. The third-order valence-electron chi connectivity index (χ3n) is 5.84. The highest BCUT2D eigenvalue weighted by molar-refractivity contribution is 6.08. The summed E-state index contributed by atoms with van der Waals surface area (Å²) in [5.41, 5.74) is 1.59. The molecular weight excluding hydrogens is 444 g/mol. The van der Waals surface area contributed by atoms with E-state index in [1.54, 1.807) is 12.3 Å². The first-order valence-corrected chi connectivity index (χ1v) is 10.7. The fourth-order valence-corrected chi connectivity index (χ4v) is 4.07. The summed E-state index contributed by atoms with van der Waals surface area (Å²) in [7, 11) is 1.94. The van der Waals surface area contributed by atoms with Crippen molar-refractivity contribution in [2.24, 2.45) is 0 Å². The second kappa shape index (κ2) is 8.62. The van der Waals surface area contributed by atoms with E-state index in [1.807, 2.05) is 11.9 Å². The summed E-state index contributed by atoms with van der Waals surface area (Å²) in [5, 5.41) is 2.54. The highest BCUT2D eigenvalue weighted by Gasteiger charge is 2.34. The third-order valence-corrected chi connectivity index (χ3v) is 5.84. The molecule has 8 nitrogen and oxygen atoms in total. The summed E-state index contributed by atoms with van der Waals surface area (Å²) < 4.78 is 33.7. The second-order valence-corrected chi connectivity index (χ2v) is 8.02. The van der Waals surface area contributed by atoms with E-state index in [4.69, 9.17) is 4.74 Å². The zero-order valence-electron chi connectivity index (χ0n) is 18.3. The van der Waals surface area contributed by atoms with Crippen molar-refractivity contribution < 1.29 is 23.1 Å². The van der Waals surface area contributed by atoms with Crippen molar-refractivity contribution in [2.75, 3.05) is 41.8 Å². The number of hydrogen-bond acceptors (Lipinski definition) is 5. The van der Waals surface area contributed by atoms with Crippen molar-refractivity contribution in [3.05, 3.63) is 71.9 Å². The van der Waals surface area contributed by atoms with E-state index in [9.17, 15) is 18.4 Å². The normalized spacial score (nSPS) is 15.0. The molecule has 1 N–H and O–H groups in total. The van der Waals surface area contributed by atoms with Crippen LogP contribution in [0.1, 0.15) is 5.56 Å². The van der Waals surface area contributed by atoms with Crippen LogP contribution in [0.3, 0.4) is 0 Å². The minimum atomic E-state index is -0.683. The van der Waals surface area contributed by atoms with Gasteiger partial charge in [-0.25, -0.2) is 28.3 Å². The van der Waals surface area contributed by atoms with Gasteiger partial charge in [-0.3, -0.25) is 4.90 Å². The van der Waals surface area contributed by atoms with Gasteiger partial charge in [0, 0.05) is 49.3 Å². The number of pyridine rings is 1. The summed E-state index contributed by atoms with van der Waals surface area (Å²) >= 11 is 0. The number of halogens is 2. The Labute approximate surface area is 194 Å². The van der Waals surface area contributed by atoms with E-state index in [2.05, 4.69) is 10.3 Å². The molecule has 0 aliphatic carbocycles. The molecule has 5 rings (SSSR count). The van der Waals surface area contributed by atoms with Crippen LogP contribution in [0.15, 0.2) is 54.7 Å². The lowest BCUT2D eigenvalue weighted by Gasteiger charge is -2.18. The minimum absolute atomic E-state index is 0.0145. The Morgan fingerprint density at radius 1 is 1.03 bits per heavy atom. The number of urea groups is 2. The molecule has 0 unspecified atom stereocenters. The van der Waals surface area contributed by atoms with Gasteiger partial charge in [0.1, 0.15) is 17.4 Å². The number of rotatable bonds is 4. The molecule has 0 spiro atoms. The number of fused-ring (bicyclic) bond motifs is 1. The first-order valence-electron chi connectivity index (χ1n) is 10.7. The predicted octanol–water partition coefficient (Wildman–Crippen LogP) is 4.62. The largest absolute Gasteiger partial charge is 0.454 e. The Morgan fingerprint density at radius 3 is 2.59 bits per heavy atom. The summed E-state index contributed by atoms with van der Waals surface area (Å²) in [5.74, 6) is 0.288. The molecule has 34 heavy (non-hydrogen) atoms. The molecule has 1 fully saturated rings. The van der Waals surface area contributed by atoms with Crippen molar-refractivity contribution in [1.82, 2.24) is 9.88 Å². The number of anilines is 3. The maximum Gasteiger partial charge on any atom is 0.332 e. The van der Waals surface area contributed by atoms with E-state index >= 15 is 0 Å². The van der Waals surface area contributed by atoms with Gasteiger partial charge in [0.05, 0.1) is 6.54 Å². The Bertz CT molecular complexity index is 1270. The Kier molecular flexibility index (Phi) is 5.48. The average molecular weight is 465 g/mol. The SMILES string of the molecule is CN1CCc2c(Oc3ccc(NC(=O)N4CCN(c5ccc(F)cc5)C4=O)cc3F)ccnc21. The molecular formula is C24H21F2N5O3. The summed E-state index contributed by atoms with van der Waals surface area (Å²) in [6.45, 7) is 1.22. The fraction of sp³-hybridized carbons (Fsp3) is 0.208. The number of carbonyl (C=O) groups excluding carboxylic acids is 2. The number of nitrogens with zero attached hydrogens (tertiary/aromatic N) is 4. The topological polar surface area (TPSA) is 78.0 Å². The van der Waals surface area contributed by atoms with Crippen molar-refractivity contribution in [1.29, 1.82) is 0 Å². The number of hydrogen-bond donors (Lipinski definition) is 1. The summed E-state index contributed by atoms with van der Waals surface area (Å²) in [4.78, 5) is 34.0. The molecule has 0 radical (unpaired) electrons.